The average molecular weight is 412 g/mol. The Morgan fingerprint density at radius 2 is 1.93 bits per heavy atom. The number of nitriles is 1. The lowest BCUT2D eigenvalue weighted by Crippen LogP contribution is -2.55. The lowest BCUT2D eigenvalue weighted by Gasteiger charge is -2.45. The first-order valence-electron chi connectivity index (χ1n) is 10.5. The standard InChI is InChI=1S/C23H29N5.ClH/c1-16-5-6-19(12-17(16)2)21-14-20(26-22(15-24)27-21)4-3-9-25-23-13-18-7-10-28(23)11-8-18;/h5-6,12,14,18,23,25H,3-4,7-11,13H2,1-2H3;1H. The number of fused-ring (bicyclic) bond motifs is 3. The Bertz CT molecular complexity index is 883. The van der Waals surface area contributed by atoms with E-state index in [1.807, 2.05) is 6.07 Å². The zero-order valence-corrected chi connectivity index (χ0v) is 18.1. The molecule has 0 amide bonds. The van der Waals surface area contributed by atoms with Crippen molar-refractivity contribution in [2.45, 2.75) is 52.1 Å². The van der Waals surface area contributed by atoms with Gasteiger partial charge in [-0.05, 0) is 94.8 Å². The third kappa shape index (κ3) is 5.14. The minimum absolute atomic E-state index is 0. The Morgan fingerprint density at radius 1 is 1.14 bits per heavy atom. The van der Waals surface area contributed by atoms with Crippen LogP contribution in [0.2, 0.25) is 0 Å². The van der Waals surface area contributed by atoms with Crippen LogP contribution in [-0.2, 0) is 6.42 Å². The monoisotopic (exact) mass is 411 g/mol. The van der Waals surface area contributed by atoms with Gasteiger partial charge in [-0.15, -0.1) is 12.4 Å². The van der Waals surface area contributed by atoms with Gasteiger partial charge in [0.15, 0.2) is 0 Å². The summed E-state index contributed by atoms with van der Waals surface area (Å²) in [5.74, 6) is 1.18. The van der Waals surface area contributed by atoms with Gasteiger partial charge in [0.1, 0.15) is 6.07 Å². The maximum absolute atomic E-state index is 9.34. The second-order valence-electron chi connectivity index (χ2n) is 8.27. The molecule has 4 heterocycles. The SMILES string of the molecule is Cc1ccc(-c2cc(CCCNC3CC4CCN3CC4)nc(C#N)n2)cc1C.Cl. The summed E-state index contributed by atoms with van der Waals surface area (Å²) in [5, 5.41) is 13.1. The summed E-state index contributed by atoms with van der Waals surface area (Å²) in [6.45, 7) is 7.69. The highest BCUT2D eigenvalue weighted by atomic mass is 35.5. The van der Waals surface area contributed by atoms with E-state index < -0.39 is 0 Å². The molecule has 3 aliphatic rings. The molecule has 5 nitrogen and oxygen atoms in total. The van der Waals surface area contributed by atoms with Crippen LogP contribution in [-0.4, -0.2) is 40.7 Å². The molecule has 3 fully saturated rings. The summed E-state index contributed by atoms with van der Waals surface area (Å²) >= 11 is 0. The highest BCUT2D eigenvalue weighted by Gasteiger charge is 2.32. The van der Waals surface area contributed by atoms with Crippen LogP contribution in [0.5, 0.6) is 0 Å². The predicted molar refractivity (Wildman–Crippen MR) is 118 cm³/mol. The van der Waals surface area contributed by atoms with Crippen molar-refractivity contribution in [2.75, 3.05) is 19.6 Å². The van der Waals surface area contributed by atoms with Gasteiger partial charge in [-0.2, -0.15) is 5.26 Å². The number of aryl methyl sites for hydroxylation is 3. The fraction of sp³-hybridized carbons (Fsp3) is 0.522. The highest BCUT2D eigenvalue weighted by Crippen LogP contribution is 2.30. The van der Waals surface area contributed by atoms with Gasteiger partial charge in [-0.1, -0.05) is 12.1 Å². The second kappa shape index (κ2) is 9.67. The lowest BCUT2D eigenvalue weighted by atomic mass is 9.86. The summed E-state index contributed by atoms with van der Waals surface area (Å²) in [4.78, 5) is 11.4. The first kappa shape index (κ1) is 21.7. The molecule has 5 rings (SSSR count). The number of nitrogens with zero attached hydrogens (tertiary/aromatic N) is 4. The highest BCUT2D eigenvalue weighted by molar-refractivity contribution is 5.85. The lowest BCUT2D eigenvalue weighted by molar-refractivity contribution is 0.0314. The molecule has 1 unspecified atom stereocenters. The average Bonchev–Trinajstić information content (AvgIpc) is 2.74. The first-order valence-corrected chi connectivity index (χ1v) is 10.5. The molecule has 0 aliphatic carbocycles. The maximum atomic E-state index is 9.34. The zero-order chi connectivity index (χ0) is 19.5. The van der Waals surface area contributed by atoms with Crippen molar-refractivity contribution in [2.24, 2.45) is 5.92 Å². The van der Waals surface area contributed by atoms with Crippen molar-refractivity contribution in [1.29, 1.82) is 5.26 Å². The number of halogens is 1. The molecule has 2 bridgehead atoms. The minimum atomic E-state index is 0. The van der Waals surface area contributed by atoms with Gasteiger partial charge in [0.25, 0.3) is 0 Å². The van der Waals surface area contributed by atoms with Gasteiger partial charge in [0.2, 0.25) is 5.82 Å². The number of rotatable bonds is 6. The zero-order valence-electron chi connectivity index (χ0n) is 17.3. The van der Waals surface area contributed by atoms with Crippen molar-refractivity contribution in [3.8, 4) is 17.3 Å². The van der Waals surface area contributed by atoms with Gasteiger partial charge in [0.05, 0.1) is 11.9 Å². The third-order valence-electron chi connectivity index (χ3n) is 6.32. The Balaban J connectivity index is 0.00000240. The van der Waals surface area contributed by atoms with Crippen LogP contribution in [0, 0.1) is 31.1 Å². The van der Waals surface area contributed by atoms with Gasteiger partial charge in [-0.25, -0.2) is 9.97 Å². The number of hydrogen-bond donors (Lipinski definition) is 1. The van der Waals surface area contributed by atoms with E-state index >= 15 is 0 Å². The van der Waals surface area contributed by atoms with Crippen molar-refractivity contribution in [3.05, 3.63) is 46.9 Å². The van der Waals surface area contributed by atoms with Crippen LogP contribution in [0.25, 0.3) is 11.3 Å². The number of piperidine rings is 3. The number of aromatic nitrogens is 2. The fourth-order valence-electron chi connectivity index (χ4n) is 4.44. The van der Waals surface area contributed by atoms with Crippen LogP contribution >= 0.6 is 12.4 Å². The van der Waals surface area contributed by atoms with Crippen molar-refractivity contribution in [3.63, 3.8) is 0 Å². The van der Waals surface area contributed by atoms with E-state index in [1.54, 1.807) is 0 Å². The van der Waals surface area contributed by atoms with Crippen LogP contribution in [0.4, 0.5) is 0 Å². The molecule has 154 valence electrons. The molecule has 0 spiro atoms. The molecule has 1 aromatic carbocycles. The van der Waals surface area contributed by atoms with Gasteiger partial charge in [-0.3, -0.25) is 4.90 Å². The topological polar surface area (TPSA) is 64.8 Å². The van der Waals surface area contributed by atoms with E-state index in [2.05, 4.69) is 58.3 Å². The van der Waals surface area contributed by atoms with Crippen LogP contribution < -0.4 is 5.32 Å². The summed E-state index contributed by atoms with van der Waals surface area (Å²) < 4.78 is 0. The van der Waals surface area contributed by atoms with Gasteiger partial charge < -0.3 is 5.32 Å². The molecule has 6 heteroatoms. The third-order valence-corrected chi connectivity index (χ3v) is 6.32. The molecule has 1 atom stereocenters. The Labute approximate surface area is 180 Å². The van der Waals surface area contributed by atoms with Crippen LogP contribution in [0.15, 0.2) is 24.3 Å². The molecule has 3 aliphatic heterocycles. The molecule has 2 aromatic rings. The van der Waals surface area contributed by atoms with Crippen molar-refractivity contribution < 1.29 is 0 Å². The number of hydrogen-bond acceptors (Lipinski definition) is 5. The molecular weight excluding hydrogens is 382 g/mol. The maximum Gasteiger partial charge on any atom is 0.232 e. The minimum Gasteiger partial charge on any atom is -0.302 e. The Hall–Kier alpha value is -2.00. The number of benzene rings is 1. The summed E-state index contributed by atoms with van der Waals surface area (Å²) in [6, 6.07) is 10.5. The van der Waals surface area contributed by atoms with Crippen molar-refractivity contribution >= 4 is 12.4 Å². The summed E-state index contributed by atoms with van der Waals surface area (Å²) in [7, 11) is 0. The molecule has 0 saturated carbocycles. The molecule has 3 saturated heterocycles. The van der Waals surface area contributed by atoms with E-state index in [1.165, 1.54) is 43.5 Å². The van der Waals surface area contributed by atoms with Crippen molar-refractivity contribution in [1.82, 2.24) is 20.2 Å². The largest absolute Gasteiger partial charge is 0.302 e. The molecule has 29 heavy (non-hydrogen) atoms. The van der Waals surface area contributed by atoms with E-state index in [0.717, 1.165) is 42.3 Å². The first-order chi connectivity index (χ1) is 13.6. The number of nitrogens with one attached hydrogen (secondary N) is 1. The van der Waals surface area contributed by atoms with Gasteiger partial charge >= 0.3 is 0 Å². The quantitative estimate of drug-likeness (QED) is 0.727. The van der Waals surface area contributed by atoms with Gasteiger partial charge in [0, 0.05) is 11.3 Å². The predicted octanol–water partition coefficient (Wildman–Crippen LogP) is 4.02. The smallest absolute Gasteiger partial charge is 0.232 e. The van der Waals surface area contributed by atoms with Crippen LogP contribution in [0.1, 0.15) is 48.3 Å². The van der Waals surface area contributed by atoms with E-state index in [0.29, 0.717) is 6.17 Å². The second-order valence-corrected chi connectivity index (χ2v) is 8.27. The van der Waals surface area contributed by atoms with Crippen LogP contribution in [0.3, 0.4) is 0 Å². The van der Waals surface area contributed by atoms with E-state index in [4.69, 9.17) is 0 Å². The Kier molecular flexibility index (Phi) is 7.23. The van der Waals surface area contributed by atoms with E-state index in [-0.39, 0.29) is 18.2 Å². The Morgan fingerprint density at radius 3 is 2.59 bits per heavy atom. The normalized spacial score (nSPS) is 22.7. The molecule has 0 radical (unpaired) electrons. The summed E-state index contributed by atoms with van der Waals surface area (Å²) in [6.07, 6.45) is 6.47. The summed E-state index contributed by atoms with van der Waals surface area (Å²) in [5.41, 5.74) is 5.33. The molecular formula is C23H30ClN5. The molecule has 1 aromatic heterocycles. The fourth-order valence-corrected chi connectivity index (χ4v) is 4.44. The molecule has 1 N–H and O–H groups in total. The van der Waals surface area contributed by atoms with E-state index in [9.17, 15) is 5.26 Å².